The van der Waals surface area contributed by atoms with Crippen LogP contribution >= 0.6 is 0 Å². The molecule has 5 heteroatoms. The molecule has 394 valence electrons. The number of nitrogens with zero attached hydrogens (tertiary/aromatic N) is 2. The maximum absolute atomic E-state index is 6.96. The molecule has 17 rings (SSSR count). The Hall–Kier alpha value is -10.4. The summed E-state index contributed by atoms with van der Waals surface area (Å²) >= 11 is 0. The van der Waals surface area contributed by atoms with Crippen molar-refractivity contribution < 1.29 is 13.3 Å². The Kier molecular flexibility index (Phi) is 10.0. The van der Waals surface area contributed by atoms with E-state index in [0.29, 0.717) is 0 Å². The van der Waals surface area contributed by atoms with Gasteiger partial charge in [0.25, 0.3) is 0 Å². The number of rotatable bonds is 8. The maximum atomic E-state index is 6.96. The van der Waals surface area contributed by atoms with Gasteiger partial charge in [-0.2, -0.15) is 0 Å². The van der Waals surface area contributed by atoms with E-state index in [-0.39, 0.29) is 10.8 Å². The van der Waals surface area contributed by atoms with Crippen molar-refractivity contribution >= 4 is 99.9 Å². The standard InChI is InChI=1S/C78H54N2O3/c1-77(2)65-31-13-11-27-55(65)59-29-17-33-67(75(59)77)79(51-25-15-23-49(39-51)47-19-7-5-8-20-47)53-35-37-57-61-43-73-63(45-71(61)81-69(57)41-53)64-46-72-62(44-74(64)83-73)58-38-36-54(42-70(58)82-72)80(52-26-16-24-50(40-52)48-21-9-6-10-22-48)68-34-18-30-60-56-28-12-14-32-66(56)78(3,4)76(60)68/h5-46H,1-4H3. The molecule has 0 unspecified atom stereocenters. The van der Waals surface area contributed by atoms with Crippen LogP contribution in [0.5, 0.6) is 0 Å². The average molecular weight is 1070 g/mol. The van der Waals surface area contributed by atoms with Gasteiger partial charge in [0, 0.05) is 78.0 Å². The highest BCUT2D eigenvalue weighted by atomic mass is 16.3. The van der Waals surface area contributed by atoms with Crippen LogP contribution in [0.15, 0.2) is 268 Å². The second kappa shape index (κ2) is 17.6. The van der Waals surface area contributed by atoms with E-state index in [0.717, 1.165) is 111 Å². The Morgan fingerprint density at radius 3 is 1.00 bits per heavy atom. The van der Waals surface area contributed by atoms with E-state index in [2.05, 4.69) is 292 Å². The molecule has 15 aromatic rings. The summed E-state index contributed by atoms with van der Waals surface area (Å²) in [6.07, 6.45) is 0. The lowest BCUT2D eigenvalue weighted by atomic mass is 9.81. The Morgan fingerprint density at radius 2 is 0.578 bits per heavy atom. The van der Waals surface area contributed by atoms with Crippen molar-refractivity contribution in [2.75, 3.05) is 9.80 Å². The summed E-state index contributed by atoms with van der Waals surface area (Å²) in [5, 5.41) is 6.01. The van der Waals surface area contributed by atoms with Gasteiger partial charge in [0.2, 0.25) is 0 Å². The molecule has 3 aromatic heterocycles. The van der Waals surface area contributed by atoms with Crippen LogP contribution in [0.25, 0.3) is 110 Å². The number of benzene rings is 12. The fourth-order valence-electron chi connectivity index (χ4n) is 14.3. The molecule has 5 nitrogen and oxygen atoms in total. The summed E-state index contributed by atoms with van der Waals surface area (Å²) in [5.74, 6) is 0. The monoisotopic (exact) mass is 1070 g/mol. The van der Waals surface area contributed by atoms with Gasteiger partial charge in [-0.05, 0) is 152 Å². The number of fused-ring (bicyclic) bond motifs is 15. The van der Waals surface area contributed by atoms with Crippen LogP contribution in [0.3, 0.4) is 0 Å². The summed E-state index contributed by atoms with van der Waals surface area (Å²) in [7, 11) is 0. The molecule has 12 aromatic carbocycles. The molecule has 0 radical (unpaired) electrons. The third kappa shape index (κ3) is 7.07. The van der Waals surface area contributed by atoms with Crippen LogP contribution in [0.4, 0.5) is 34.1 Å². The molecule has 0 aliphatic heterocycles. The molecular weight excluding hydrogens is 1010 g/mol. The van der Waals surface area contributed by atoms with E-state index >= 15 is 0 Å². The van der Waals surface area contributed by atoms with Crippen molar-refractivity contribution in [2.24, 2.45) is 0 Å². The molecule has 3 heterocycles. The van der Waals surface area contributed by atoms with Crippen molar-refractivity contribution in [3.63, 3.8) is 0 Å². The molecule has 0 fully saturated rings. The Bertz CT molecular complexity index is 4850. The molecular formula is C78H54N2O3. The molecule has 0 atom stereocenters. The molecule has 0 amide bonds. The van der Waals surface area contributed by atoms with Gasteiger partial charge < -0.3 is 23.1 Å². The summed E-state index contributed by atoms with van der Waals surface area (Å²) < 4.78 is 20.7. The highest BCUT2D eigenvalue weighted by Crippen LogP contribution is 2.57. The van der Waals surface area contributed by atoms with Crippen LogP contribution in [-0.2, 0) is 10.8 Å². The van der Waals surface area contributed by atoms with Gasteiger partial charge in [-0.25, -0.2) is 0 Å². The minimum absolute atomic E-state index is 0.235. The Balaban J connectivity index is 0.784. The van der Waals surface area contributed by atoms with Crippen molar-refractivity contribution in [3.05, 3.63) is 277 Å². The van der Waals surface area contributed by atoms with Gasteiger partial charge in [-0.15, -0.1) is 0 Å². The SMILES string of the molecule is CC1(C)c2ccccc2-c2cccc(N(c3cccc(-c4ccccc4)c3)c3ccc4c(c3)oc3cc5c(cc34)oc3cc4c(cc35)oc3cc(N(c5cccc(-c6ccccc6)c5)c5cccc6c5C(C)(C)c5ccccc5-6)ccc34)c21. The summed E-state index contributed by atoms with van der Waals surface area (Å²) in [6, 6.07) is 92.1. The first kappa shape index (κ1) is 47.4. The molecule has 0 saturated heterocycles. The maximum Gasteiger partial charge on any atom is 0.137 e. The number of hydrogen-bond donors (Lipinski definition) is 0. The highest BCUT2D eigenvalue weighted by molar-refractivity contribution is 6.19. The van der Waals surface area contributed by atoms with E-state index in [1.807, 2.05) is 0 Å². The van der Waals surface area contributed by atoms with Crippen LogP contribution in [-0.4, -0.2) is 0 Å². The Labute approximate surface area is 480 Å². The molecule has 0 bridgehead atoms. The smallest absolute Gasteiger partial charge is 0.137 e. The van der Waals surface area contributed by atoms with Crippen molar-refractivity contribution in [1.82, 2.24) is 0 Å². The normalized spacial score (nSPS) is 13.7. The van der Waals surface area contributed by atoms with Gasteiger partial charge in [0.15, 0.2) is 0 Å². The van der Waals surface area contributed by atoms with Crippen LogP contribution in [0.1, 0.15) is 49.9 Å². The zero-order chi connectivity index (χ0) is 55.3. The molecule has 2 aliphatic rings. The highest BCUT2D eigenvalue weighted by Gasteiger charge is 2.40. The number of furan rings is 3. The predicted molar refractivity (Wildman–Crippen MR) is 344 cm³/mol. The number of anilines is 6. The minimum atomic E-state index is -0.235. The predicted octanol–water partition coefficient (Wildman–Crippen LogP) is 22.3. The third-order valence-corrected chi connectivity index (χ3v) is 18.2. The average Bonchev–Trinajstić information content (AvgIpc) is 2.27. The lowest BCUT2D eigenvalue weighted by Gasteiger charge is -2.32. The summed E-state index contributed by atoms with van der Waals surface area (Å²) in [6.45, 7) is 9.42. The quantitative estimate of drug-likeness (QED) is 0.152. The van der Waals surface area contributed by atoms with Crippen LogP contribution in [0.2, 0.25) is 0 Å². The number of hydrogen-bond acceptors (Lipinski definition) is 5. The molecule has 0 N–H and O–H groups in total. The van der Waals surface area contributed by atoms with Gasteiger partial charge in [0.05, 0.1) is 11.4 Å². The lowest BCUT2D eigenvalue weighted by molar-refractivity contribution is 0.660. The van der Waals surface area contributed by atoms with E-state index in [1.165, 1.54) is 55.6 Å². The zero-order valence-corrected chi connectivity index (χ0v) is 46.4. The summed E-state index contributed by atoms with van der Waals surface area (Å²) in [4.78, 5) is 4.83. The second-order valence-corrected chi connectivity index (χ2v) is 23.6. The molecule has 2 aliphatic carbocycles. The fourth-order valence-corrected chi connectivity index (χ4v) is 14.3. The zero-order valence-electron chi connectivity index (χ0n) is 46.4. The molecule has 83 heavy (non-hydrogen) atoms. The first-order valence-electron chi connectivity index (χ1n) is 28.7. The van der Waals surface area contributed by atoms with E-state index in [4.69, 9.17) is 13.3 Å². The first-order chi connectivity index (χ1) is 40.6. The van der Waals surface area contributed by atoms with Gasteiger partial charge in [-0.1, -0.05) is 185 Å². The topological polar surface area (TPSA) is 45.9 Å². The van der Waals surface area contributed by atoms with Gasteiger partial charge in [0.1, 0.15) is 33.5 Å². The molecule has 0 saturated carbocycles. The minimum Gasteiger partial charge on any atom is -0.456 e. The van der Waals surface area contributed by atoms with E-state index in [9.17, 15) is 0 Å². The van der Waals surface area contributed by atoms with Gasteiger partial charge >= 0.3 is 0 Å². The fraction of sp³-hybridized carbons (Fsp3) is 0.0769. The lowest BCUT2D eigenvalue weighted by Crippen LogP contribution is -2.20. The van der Waals surface area contributed by atoms with Crippen molar-refractivity contribution in [3.8, 4) is 44.5 Å². The first-order valence-corrected chi connectivity index (χ1v) is 28.7. The third-order valence-electron chi connectivity index (χ3n) is 18.2. The van der Waals surface area contributed by atoms with E-state index in [1.54, 1.807) is 0 Å². The van der Waals surface area contributed by atoms with Crippen LogP contribution < -0.4 is 9.80 Å². The van der Waals surface area contributed by atoms with Crippen molar-refractivity contribution in [1.29, 1.82) is 0 Å². The second-order valence-electron chi connectivity index (χ2n) is 23.6. The largest absolute Gasteiger partial charge is 0.456 e. The van der Waals surface area contributed by atoms with Crippen LogP contribution in [0, 0.1) is 0 Å². The Morgan fingerprint density at radius 1 is 0.253 bits per heavy atom. The van der Waals surface area contributed by atoms with E-state index < -0.39 is 0 Å². The van der Waals surface area contributed by atoms with Gasteiger partial charge in [-0.3, -0.25) is 0 Å². The molecule has 0 spiro atoms. The summed E-state index contributed by atoms with van der Waals surface area (Å²) in [5.41, 5.74) is 25.8. The van der Waals surface area contributed by atoms with Crippen molar-refractivity contribution in [2.45, 2.75) is 38.5 Å².